The Kier molecular flexibility index (Phi) is 0.922. The van der Waals surface area contributed by atoms with Gasteiger partial charge in [0.2, 0.25) is 2.86 Å². The molecule has 1 aromatic heterocycles. The highest BCUT2D eigenvalue weighted by molar-refractivity contribution is 5.02. The summed E-state index contributed by atoms with van der Waals surface area (Å²) in [5.74, 6) is 0. The molecule has 7 heteroatoms. The first-order chi connectivity index (χ1) is 13.7. The Morgan fingerprint density at radius 2 is 2.94 bits per heavy atom. The number of aliphatic hydroxyl groups is 2. The first-order valence-electron chi connectivity index (χ1n) is 10.9. The van der Waals surface area contributed by atoms with Crippen LogP contribution in [0.5, 0.6) is 0 Å². The third-order valence-corrected chi connectivity index (χ3v) is 1.75. The molecule has 1 aliphatic heterocycles. The van der Waals surface area contributed by atoms with Crippen molar-refractivity contribution in [3.63, 3.8) is 0 Å². The standard InChI is InChI=1S/C10H14N2O5/c1-5-3-12(10(16)11-9(5)15)8-2-6(14)7(4-13)17-8/h3,6-8,13-14H,2,4H2,1H3,(H,11,15,16)/t6-,7+,8+/m0/s1/i1T3,2T2,3T,4T2,6T,7T,8T,13T,14T/hT. The molecule has 0 saturated carbocycles. The SMILES string of the molecule is [3H]OC([3H])([3H])[C@@]1([3H])O[C@@]([3H])(n2c([3H])c(C([3H])([3H])[3H])c(=O)n([3H])c2=O)C([3H])([3H])[C@]1([3H])O[3H]. The summed E-state index contributed by atoms with van der Waals surface area (Å²) in [4.78, 5) is 23.9. The first kappa shape index (κ1) is 3.53. The van der Waals surface area contributed by atoms with Crippen molar-refractivity contribution < 1.29 is 31.4 Å². The van der Waals surface area contributed by atoms with E-state index in [1.807, 2.05) is 0 Å². The van der Waals surface area contributed by atoms with Gasteiger partial charge in [-0.25, -0.2) is 4.79 Å². The number of nitrogens with one attached hydrogen (secondary N) is 1. The van der Waals surface area contributed by atoms with Crippen molar-refractivity contribution in [2.24, 2.45) is 0 Å². The number of aromatic nitrogens is 2. The van der Waals surface area contributed by atoms with Gasteiger partial charge in [0.05, 0.1) is 20.9 Å². The second kappa shape index (κ2) is 4.44. The van der Waals surface area contributed by atoms with Gasteiger partial charge in [0.1, 0.15) is 12.3 Å². The minimum Gasteiger partial charge on any atom is -0.394 e. The van der Waals surface area contributed by atoms with Crippen molar-refractivity contribution in [3.8, 4) is 0 Å². The fourth-order valence-electron chi connectivity index (χ4n) is 1.03. The molecule has 94 valence electrons. The van der Waals surface area contributed by atoms with E-state index in [4.69, 9.17) is 24.1 Å². The van der Waals surface area contributed by atoms with Gasteiger partial charge in [-0.15, -0.1) is 0 Å². The minimum atomic E-state index is -3.95. The van der Waals surface area contributed by atoms with Gasteiger partial charge < -0.3 is 15.0 Å². The Labute approximate surface area is 116 Å². The molecule has 1 aliphatic rings. The van der Waals surface area contributed by atoms with Crippen LogP contribution in [0.25, 0.3) is 0 Å². The Morgan fingerprint density at radius 1 is 2.06 bits per heavy atom. The maximum absolute atomic E-state index is 12.5. The quantitative estimate of drug-likeness (QED) is 0.617. The van der Waals surface area contributed by atoms with Crippen LogP contribution in [-0.4, -0.2) is 41.3 Å². The Balaban J connectivity index is 3.07. The summed E-state index contributed by atoms with van der Waals surface area (Å²) in [5, 5.41) is 7.52. The summed E-state index contributed by atoms with van der Waals surface area (Å²) < 4.78 is 111. The van der Waals surface area contributed by atoms with E-state index in [0.717, 1.165) is 0 Å². The lowest BCUT2D eigenvalue weighted by atomic mass is 10.2. The van der Waals surface area contributed by atoms with E-state index in [0.29, 0.717) is 0 Å². The van der Waals surface area contributed by atoms with E-state index in [9.17, 15) is 9.59 Å². The van der Waals surface area contributed by atoms with Gasteiger partial charge in [-0.05, 0) is 6.85 Å². The monoisotopic (exact) mass is 270 g/mol. The van der Waals surface area contributed by atoms with Crippen LogP contribution < -0.4 is 11.2 Å². The lowest BCUT2D eigenvalue weighted by Crippen LogP contribution is -2.33. The van der Waals surface area contributed by atoms with Crippen LogP contribution in [0.4, 0.5) is 0 Å². The highest BCUT2D eigenvalue weighted by atomic mass is 16.5. The van der Waals surface area contributed by atoms with Crippen LogP contribution >= 0.6 is 0 Å². The molecule has 2 heterocycles. The summed E-state index contributed by atoms with van der Waals surface area (Å²) in [7, 11) is 0. The van der Waals surface area contributed by atoms with E-state index in [1.165, 1.54) is 0 Å². The van der Waals surface area contributed by atoms with Gasteiger partial charge in [-0.1, -0.05) is 0 Å². The zero-order chi connectivity index (χ0) is 24.6. The Bertz CT molecular complexity index is 1020. The molecular formula is C10H14N2O5. The van der Waals surface area contributed by atoms with Gasteiger partial charge in [-0.2, -0.15) is 0 Å². The first-order valence-corrected chi connectivity index (χ1v) is 4.09. The van der Waals surface area contributed by atoms with Crippen molar-refractivity contribution in [1.29, 1.82) is 2.86 Å². The Morgan fingerprint density at radius 3 is 3.65 bits per heavy atom. The van der Waals surface area contributed by atoms with Crippen molar-refractivity contribution >= 4 is 0 Å². The molecule has 0 amide bonds. The van der Waals surface area contributed by atoms with Crippen molar-refractivity contribution in [1.82, 2.24) is 9.54 Å². The van der Waals surface area contributed by atoms with Crippen molar-refractivity contribution in [3.05, 3.63) is 32.6 Å². The molecular weight excluding hydrogens is 228 g/mol. The number of H-pyrrole nitrogens is 1. The summed E-state index contributed by atoms with van der Waals surface area (Å²) in [6, 6.07) is 0. The fourth-order valence-corrected chi connectivity index (χ4v) is 1.03. The summed E-state index contributed by atoms with van der Waals surface area (Å²) >= 11 is 0. The number of ether oxygens (including phenoxy) is 1. The average molecular weight is 270 g/mol. The third-order valence-electron chi connectivity index (χ3n) is 1.75. The number of nitrogens with zero attached hydrogens (tertiary/aromatic N) is 1. The lowest BCUT2D eigenvalue weighted by molar-refractivity contribution is -0.0459. The molecule has 0 unspecified atom stereocenters. The van der Waals surface area contributed by atoms with Gasteiger partial charge in [-0.3, -0.25) is 14.3 Å². The van der Waals surface area contributed by atoms with Crippen LogP contribution in [0.1, 0.15) is 33.2 Å². The van der Waals surface area contributed by atoms with Crippen molar-refractivity contribution in [2.75, 3.05) is 6.56 Å². The fraction of sp³-hybridized carbons (Fsp3) is 0.600. The zero-order valence-electron chi connectivity index (χ0n) is 21.9. The molecule has 2 rings (SSSR count). The van der Waals surface area contributed by atoms with E-state index in [2.05, 4.69) is 10.2 Å². The molecule has 17 heavy (non-hydrogen) atoms. The topological polar surface area (TPSA) is 105 Å². The van der Waals surface area contributed by atoms with Gasteiger partial charge in [0.15, 0.2) is 1.41 Å². The molecule has 0 aliphatic carbocycles. The predicted octanol–water partition coefficient (Wildman–Crippen LogP) is -1.51. The highest BCUT2D eigenvalue weighted by Crippen LogP contribution is 2.27. The molecule has 1 saturated heterocycles. The van der Waals surface area contributed by atoms with Gasteiger partial charge in [0, 0.05) is 25.0 Å². The second-order valence-electron chi connectivity index (χ2n) is 2.81. The number of aromatic amines is 1. The maximum Gasteiger partial charge on any atom is 0.330 e. The molecule has 1 fully saturated rings. The molecule has 0 radical (unpaired) electrons. The number of hydrogen-bond donors (Lipinski definition) is 3. The van der Waals surface area contributed by atoms with Crippen LogP contribution in [0.3, 0.4) is 0 Å². The molecule has 0 spiro atoms. The summed E-state index contributed by atoms with van der Waals surface area (Å²) in [6.07, 6.45) is -17.3. The zero-order valence-corrected chi connectivity index (χ0v) is 7.94. The average Bonchev–Trinajstić information content (AvgIpc) is 2.75. The van der Waals surface area contributed by atoms with Crippen LogP contribution in [0.2, 0.25) is 1.41 Å². The predicted molar refractivity (Wildman–Crippen MR) is 57.7 cm³/mol. The largest absolute Gasteiger partial charge is 0.394 e. The van der Waals surface area contributed by atoms with Gasteiger partial charge >= 0.3 is 5.69 Å². The van der Waals surface area contributed by atoms with E-state index < -0.39 is 70.7 Å². The highest BCUT2D eigenvalue weighted by Gasteiger charge is 2.34. The summed E-state index contributed by atoms with van der Waals surface area (Å²) in [5.41, 5.74) is -5.33. The van der Waals surface area contributed by atoms with Gasteiger partial charge in [0.25, 0.3) is 5.56 Å². The molecule has 0 bridgehead atoms. The second-order valence-corrected chi connectivity index (χ2v) is 2.81. The third kappa shape index (κ3) is 2.17. The molecule has 3 N–H and O–H groups in total. The van der Waals surface area contributed by atoms with Crippen LogP contribution in [0, 0.1) is 6.85 Å². The minimum absolute atomic E-state index is 0.498. The van der Waals surface area contributed by atoms with E-state index in [1.54, 1.807) is 0 Å². The Hall–Kier alpha value is -1.44. The lowest BCUT2D eigenvalue weighted by Gasteiger charge is -2.14. The maximum atomic E-state index is 12.5. The molecule has 0 aromatic carbocycles. The van der Waals surface area contributed by atoms with E-state index in [-0.39, 0.29) is 0 Å². The number of rotatable bonds is 4. The van der Waals surface area contributed by atoms with Crippen LogP contribution in [0.15, 0.2) is 15.8 Å². The molecule has 1 aromatic rings. The number of hydrogen-bond acceptors (Lipinski definition) is 5. The van der Waals surface area contributed by atoms with Crippen molar-refractivity contribution in [2.45, 2.75) is 31.6 Å². The smallest absolute Gasteiger partial charge is 0.330 e. The molecule has 7 nitrogen and oxygen atoms in total. The molecule has 3 atom stereocenters. The van der Waals surface area contributed by atoms with Crippen LogP contribution in [-0.2, 0) is 4.74 Å². The van der Waals surface area contributed by atoms with E-state index >= 15 is 0 Å². The summed E-state index contributed by atoms with van der Waals surface area (Å²) in [6.45, 7) is -7.24. The normalized spacial score (nSPS) is 57.9.